The summed E-state index contributed by atoms with van der Waals surface area (Å²) in [5.74, 6) is 1.70. The average Bonchev–Trinajstić information content (AvgIpc) is 3.03. The number of rotatable bonds is 6. The first-order valence-electron chi connectivity index (χ1n) is 7.78. The van der Waals surface area contributed by atoms with E-state index in [0.717, 1.165) is 22.2 Å². The van der Waals surface area contributed by atoms with Gasteiger partial charge in [0.2, 0.25) is 5.13 Å². The van der Waals surface area contributed by atoms with Crippen LogP contribution in [0.4, 0.5) is 15.6 Å². The van der Waals surface area contributed by atoms with Crippen molar-refractivity contribution in [1.82, 2.24) is 10.2 Å². The van der Waals surface area contributed by atoms with Crippen molar-refractivity contribution in [2.75, 3.05) is 10.6 Å². The van der Waals surface area contributed by atoms with E-state index in [0.29, 0.717) is 5.13 Å². The standard InChI is InChI=1S/C18H18N4OS2/c1-13-6-5-7-14(10-13)11-24-12-16-21-22-18(25-16)20-17(23)19-15-8-3-2-4-9-15/h2-10H,11-12H2,1H3,(H2,19,20,22,23). The van der Waals surface area contributed by atoms with Crippen LogP contribution in [0.5, 0.6) is 0 Å². The molecule has 0 unspecified atom stereocenters. The Hall–Kier alpha value is -2.38. The van der Waals surface area contributed by atoms with E-state index in [1.54, 1.807) is 11.8 Å². The van der Waals surface area contributed by atoms with Gasteiger partial charge in [-0.15, -0.1) is 22.0 Å². The first kappa shape index (κ1) is 17.4. The molecule has 5 nitrogen and oxygen atoms in total. The van der Waals surface area contributed by atoms with E-state index >= 15 is 0 Å². The van der Waals surface area contributed by atoms with Crippen LogP contribution in [0.25, 0.3) is 0 Å². The molecule has 2 N–H and O–H groups in total. The molecule has 2 amide bonds. The van der Waals surface area contributed by atoms with Gasteiger partial charge < -0.3 is 5.32 Å². The molecule has 2 aromatic carbocycles. The number of nitrogens with one attached hydrogen (secondary N) is 2. The maximum Gasteiger partial charge on any atom is 0.325 e. The van der Waals surface area contributed by atoms with E-state index in [4.69, 9.17) is 0 Å². The molecule has 3 rings (SSSR count). The predicted octanol–water partition coefficient (Wildman–Crippen LogP) is 4.92. The lowest BCUT2D eigenvalue weighted by molar-refractivity contribution is 0.262. The van der Waals surface area contributed by atoms with E-state index < -0.39 is 0 Å². The van der Waals surface area contributed by atoms with E-state index in [1.807, 2.05) is 30.3 Å². The minimum Gasteiger partial charge on any atom is -0.308 e. The lowest BCUT2D eigenvalue weighted by Gasteiger charge is -2.04. The summed E-state index contributed by atoms with van der Waals surface area (Å²) in [6.45, 7) is 2.09. The number of nitrogens with zero attached hydrogens (tertiary/aromatic N) is 2. The molecular formula is C18H18N4OS2. The van der Waals surface area contributed by atoms with Crippen LogP contribution < -0.4 is 10.6 Å². The summed E-state index contributed by atoms with van der Waals surface area (Å²) in [6, 6.07) is 17.4. The van der Waals surface area contributed by atoms with Crippen molar-refractivity contribution in [2.45, 2.75) is 18.4 Å². The number of carbonyl (C=O) groups excluding carboxylic acids is 1. The number of amides is 2. The van der Waals surface area contributed by atoms with Gasteiger partial charge in [0.05, 0.1) is 0 Å². The molecule has 0 aliphatic heterocycles. The highest BCUT2D eigenvalue weighted by Crippen LogP contribution is 2.23. The van der Waals surface area contributed by atoms with Crippen molar-refractivity contribution in [3.63, 3.8) is 0 Å². The summed E-state index contributed by atoms with van der Waals surface area (Å²) >= 11 is 3.18. The maximum absolute atomic E-state index is 11.9. The number of thioether (sulfide) groups is 1. The Morgan fingerprint density at radius 1 is 1.04 bits per heavy atom. The molecule has 1 aromatic heterocycles. The second-order valence-electron chi connectivity index (χ2n) is 5.43. The van der Waals surface area contributed by atoms with Gasteiger partial charge in [0, 0.05) is 17.2 Å². The highest BCUT2D eigenvalue weighted by atomic mass is 32.2. The molecule has 0 bridgehead atoms. The number of aromatic nitrogens is 2. The smallest absolute Gasteiger partial charge is 0.308 e. The van der Waals surface area contributed by atoms with Gasteiger partial charge in [0.25, 0.3) is 0 Å². The Morgan fingerprint density at radius 3 is 2.68 bits per heavy atom. The number of para-hydroxylation sites is 1. The van der Waals surface area contributed by atoms with Crippen LogP contribution in [0, 0.1) is 6.92 Å². The van der Waals surface area contributed by atoms with E-state index in [9.17, 15) is 4.79 Å². The number of carbonyl (C=O) groups is 1. The SMILES string of the molecule is Cc1cccc(CSCc2nnc(NC(=O)Nc3ccccc3)s2)c1. The number of urea groups is 1. The normalized spacial score (nSPS) is 10.4. The van der Waals surface area contributed by atoms with Gasteiger partial charge in [-0.25, -0.2) is 4.79 Å². The van der Waals surface area contributed by atoms with Crippen LogP contribution in [-0.4, -0.2) is 16.2 Å². The zero-order chi connectivity index (χ0) is 17.5. The Bertz CT molecular complexity index is 836. The Morgan fingerprint density at radius 2 is 1.88 bits per heavy atom. The van der Waals surface area contributed by atoms with Gasteiger partial charge in [0.15, 0.2) is 0 Å². The van der Waals surface area contributed by atoms with Crippen molar-refractivity contribution in [3.05, 3.63) is 70.7 Å². The van der Waals surface area contributed by atoms with Crippen molar-refractivity contribution in [2.24, 2.45) is 0 Å². The number of aryl methyl sites for hydroxylation is 1. The molecule has 0 aliphatic carbocycles. The first-order valence-corrected chi connectivity index (χ1v) is 9.75. The number of benzene rings is 2. The van der Waals surface area contributed by atoms with E-state index in [2.05, 4.69) is 52.0 Å². The number of hydrogen-bond donors (Lipinski definition) is 2. The van der Waals surface area contributed by atoms with E-state index in [1.165, 1.54) is 22.5 Å². The third-order valence-electron chi connectivity index (χ3n) is 3.30. The zero-order valence-electron chi connectivity index (χ0n) is 13.7. The Kier molecular flexibility index (Phi) is 6.03. The summed E-state index contributed by atoms with van der Waals surface area (Å²) in [5.41, 5.74) is 3.30. The van der Waals surface area contributed by atoms with Crippen LogP contribution in [0.3, 0.4) is 0 Å². The van der Waals surface area contributed by atoms with Crippen LogP contribution in [0.1, 0.15) is 16.1 Å². The van der Waals surface area contributed by atoms with Gasteiger partial charge in [-0.05, 0) is 24.6 Å². The fraction of sp³-hybridized carbons (Fsp3) is 0.167. The second-order valence-corrected chi connectivity index (χ2v) is 7.48. The summed E-state index contributed by atoms with van der Waals surface area (Å²) < 4.78 is 0. The van der Waals surface area contributed by atoms with Crippen molar-refractivity contribution in [3.8, 4) is 0 Å². The lowest BCUT2D eigenvalue weighted by Crippen LogP contribution is -2.19. The van der Waals surface area contributed by atoms with Gasteiger partial charge in [-0.3, -0.25) is 5.32 Å². The maximum atomic E-state index is 11.9. The fourth-order valence-corrected chi connectivity index (χ4v) is 3.97. The summed E-state index contributed by atoms with van der Waals surface area (Å²) in [4.78, 5) is 11.9. The topological polar surface area (TPSA) is 66.9 Å². The highest BCUT2D eigenvalue weighted by molar-refractivity contribution is 7.97. The largest absolute Gasteiger partial charge is 0.325 e. The lowest BCUT2D eigenvalue weighted by atomic mass is 10.2. The summed E-state index contributed by atoms with van der Waals surface area (Å²) in [5, 5.41) is 15.0. The van der Waals surface area contributed by atoms with Gasteiger partial charge in [0.1, 0.15) is 5.01 Å². The summed E-state index contributed by atoms with van der Waals surface area (Å²) in [7, 11) is 0. The molecule has 7 heteroatoms. The molecule has 0 aliphatic rings. The van der Waals surface area contributed by atoms with Crippen molar-refractivity contribution in [1.29, 1.82) is 0 Å². The van der Waals surface area contributed by atoms with Crippen LogP contribution in [0.2, 0.25) is 0 Å². The van der Waals surface area contributed by atoms with Gasteiger partial charge >= 0.3 is 6.03 Å². The molecule has 0 saturated heterocycles. The fourth-order valence-electron chi connectivity index (χ4n) is 2.20. The third kappa shape index (κ3) is 5.58. The molecular weight excluding hydrogens is 352 g/mol. The van der Waals surface area contributed by atoms with Crippen LogP contribution in [0.15, 0.2) is 54.6 Å². The molecule has 128 valence electrons. The predicted molar refractivity (Wildman–Crippen MR) is 105 cm³/mol. The van der Waals surface area contributed by atoms with Gasteiger partial charge in [-0.1, -0.05) is 59.4 Å². The monoisotopic (exact) mass is 370 g/mol. The number of hydrogen-bond acceptors (Lipinski definition) is 5. The molecule has 25 heavy (non-hydrogen) atoms. The minimum atomic E-state index is -0.318. The molecule has 0 radical (unpaired) electrons. The molecule has 0 fully saturated rings. The third-order valence-corrected chi connectivity index (χ3v) is 5.33. The van der Waals surface area contributed by atoms with Gasteiger partial charge in [-0.2, -0.15) is 0 Å². The minimum absolute atomic E-state index is 0.318. The highest BCUT2D eigenvalue weighted by Gasteiger charge is 2.08. The van der Waals surface area contributed by atoms with Crippen LogP contribution in [-0.2, 0) is 11.5 Å². The zero-order valence-corrected chi connectivity index (χ0v) is 15.4. The Labute approximate surface area is 154 Å². The van der Waals surface area contributed by atoms with Crippen molar-refractivity contribution < 1.29 is 4.79 Å². The first-order chi connectivity index (χ1) is 12.2. The quantitative estimate of drug-likeness (QED) is 0.646. The summed E-state index contributed by atoms with van der Waals surface area (Å²) in [6.07, 6.45) is 0. The average molecular weight is 371 g/mol. The molecule has 0 spiro atoms. The second kappa shape index (κ2) is 8.64. The van der Waals surface area contributed by atoms with E-state index in [-0.39, 0.29) is 6.03 Å². The molecule has 0 saturated carbocycles. The van der Waals surface area contributed by atoms with Crippen LogP contribution >= 0.6 is 23.1 Å². The number of anilines is 2. The van der Waals surface area contributed by atoms with Crippen molar-refractivity contribution >= 4 is 39.9 Å². The Balaban J connectivity index is 1.46. The molecule has 1 heterocycles. The molecule has 0 atom stereocenters. The molecule has 3 aromatic rings.